The molecule has 1 amide bonds. The van der Waals surface area contributed by atoms with E-state index in [1.165, 1.54) is 6.26 Å². The summed E-state index contributed by atoms with van der Waals surface area (Å²) in [4.78, 5) is 16.4. The standard InChI is InChI=1S/C13H24N2O4S/c1-20(18,19)10-8-14-6-4-13(11-14)3-2-5-15(7-9-16)12(13)17/h16H,2-11H2,1H3/t13-/m1/s1. The zero-order valence-corrected chi connectivity index (χ0v) is 12.9. The summed E-state index contributed by atoms with van der Waals surface area (Å²) >= 11 is 0. The van der Waals surface area contributed by atoms with Crippen LogP contribution in [-0.4, -0.2) is 80.6 Å². The smallest absolute Gasteiger partial charge is 0.230 e. The van der Waals surface area contributed by atoms with Crippen molar-refractivity contribution >= 4 is 15.7 Å². The van der Waals surface area contributed by atoms with Gasteiger partial charge < -0.3 is 14.9 Å². The zero-order chi connectivity index (χ0) is 14.8. The van der Waals surface area contributed by atoms with Crippen LogP contribution in [0.25, 0.3) is 0 Å². The molecule has 2 saturated heterocycles. The molecule has 2 fully saturated rings. The minimum absolute atomic E-state index is 0.000384. The lowest BCUT2D eigenvalue weighted by atomic mass is 9.78. The average molecular weight is 304 g/mol. The van der Waals surface area contributed by atoms with Gasteiger partial charge in [-0.2, -0.15) is 0 Å². The summed E-state index contributed by atoms with van der Waals surface area (Å²) < 4.78 is 22.5. The van der Waals surface area contributed by atoms with Crippen molar-refractivity contribution in [1.29, 1.82) is 0 Å². The molecule has 0 aromatic carbocycles. The number of aliphatic hydroxyl groups is 1. The fourth-order valence-electron chi connectivity index (χ4n) is 3.31. The molecular weight excluding hydrogens is 280 g/mol. The normalized spacial score (nSPS) is 28.5. The van der Waals surface area contributed by atoms with Gasteiger partial charge in [-0.1, -0.05) is 0 Å². The molecule has 1 atom stereocenters. The topological polar surface area (TPSA) is 77.9 Å². The lowest BCUT2D eigenvalue weighted by Gasteiger charge is -2.39. The Morgan fingerprint density at radius 3 is 2.65 bits per heavy atom. The number of carbonyl (C=O) groups excluding carboxylic acids is 1. The maximum atomic E-state index is 12.6. The molecule has 0 radical (unpaired) electrons. The second-order valence-corrected chi connectivity index (χ2v) is 8.32. The quantitative estimate of drug-likeness (QED) is 0.729. The van der Waals surface area contributed by atoms with Crippen LogP contribution >= 0.6 is 0 Å². The molecule has 7 heteroatoms. The first-order valence-electron chi connectivity index (χ1n) is 7.17. The van der Waals surface area contributed by atoms with Crippen LogP contribution < -0.4 is 0 Å². The van der Waals surface area contributed by atoms with Gasteiger partial charge in [-0.15, -0.1) is 0 Å². The van der Waals surface area contributed by atoms with Crippen LogP contribution in [0.2, 0.25) is 0 Å². The SMILES string of the molecule is CS(=O)(=O)CCN1CC[C@]2(CCCN(CCO)C2=O)C1. The fourth-order valence-corrected chi connectivity index (χ4v) is 3.90. The van der Waals surface area contributed by atoms with Crippen molar-refractivity contribution in [3.05, 3.63) is 0 Å². The van der Waals surface area contributed by atoms with Crippen molar-refractivity contribution < 1.29 is 18.3 Å². The predicted molar refractivity (Wildman–Crippen MR) is 76.1 cm³/mol. The van der Waals surface area contributed by atoms with Gasteiger partial charge >= 0.3 is 0 Å². The van der Waals surface area contributed by atoms with Crippen molar-refractivity contribution in [2.45, 2.75) is 19.3 Å². The van der Waals surface area contributed by atoms with Crippen molar-refractivity contribution in [1.82, 2.24) is 9.80 Å². The number of hydrogen-bond acceptors (Lipinski definition) is 5. The first-order chi connectivity index (χ1) is 9.36. The summed E-state index contributed by atoms with van der Waals surface area (Å²) in [5, 5.41) is 9.02. The monoisotopic (exact) mass is 304 g/mol. The Kier molecular flexibility index (Phi) is 4.71. The van der Waals surface area contributed by atoms with Crippen LogP contribution in [0.4, 0.5) is 0 Å². The number of piperidine rings is 1. The van der Waals surface area contributed by atoms with Gasteiger partial charge in [0.2, 0.25) is 5.91 Å². The highest BCUT2D eigenvalue weighted by Gasteiger charge is 2.47. The Labute approximate surface area is 120 Å². The molecule has 0 saturated carbocycles. The molecule has 2 aliphatic heterocycles. The number of β-amino-alcohol motifs (C(OH)–C–C–N with tert-alkyl or cyclic N) is 1. The third-order valence-corrected chi connectivity index (χ3v) is 5.33. The molecule has 20 heavy (non-hydrogen) atoms. The summed E-state index contributed by atoms with van der Waals surface area (Å²) in [6.45, 7) is 3.08. The summed E-state index contributed by atoms with van der Waals surface area (Å²) in [6, 6.07) is 0. The number of nitrogens with zero attached hydrogens (tertiary/aromatic N) is 2. The van der Waals surface area contributed by atoms with E-state index >= 15 is 0 Å². The zero-order valence-electron chi connectivity index (χ0n) is 12.0. The highest BCUT2D eigenvalue weighted by Crippen LogP contribution is 2.39. The van der Waals surface area contributed by atoms with Crippen molar-refractivity contribution in [3.63, 3.8) is 0 Å². The molecule has 1 N–H and O–H groups in total. The van der Waals surface area contributed by atoms with E-state index in [2.05, 4.69) is 4.90 Å². The molecule has 2 heterocycles. The number of amides is 1. The molecule has 1 spiro atoms. The van der Waals surface area contributed by atoms with Crippen molar-refractivity contribution in [2.24, 2.45) is 5.41 Å². The molecule has 0 aromatic heterocycles. The summed E-state index contributed by atoms with van der Waals surface area (Å²) in [7, 11) is -2.96. The van der Waals surface area contributed by atoms with Gasteiger partial charge in [0.15, 0.2) is 0 Å². The Morgan fingerprint density at radius 1 is 1.25 bits per heavy atom. The summed E-state index contributed by atoms with van der Waals surface area (Å²) in [6.07, 6.45) is 3.89. The number of likely N-dealkylation sites (tertiary alicyclic amines) is 2. The maximum Gasteiger partial charge on any atom is 0.230 e. The number of rotatable bonds is 5. The molecule has 6 nitrogen and oxygen atoms in total. The highest BCUT2D eigenvalue weighted by atomic mass is 32.2. The Balaban J connectivity index is 1.97. The largest absolute Gasteiger partial charge is 0.395 e. The van der Waals surface area contributed by atoms with Crippen LogP contribution in [0.5, 0.6) is 0 Å². The highest BCUT2D eigenvalue weighted by molar-refractivity contribution is 7.90. The number of sulfone groups is 1. The van der Waals surface area contributed by atoms with Crippen LogP contribution in [0.15, 0.2) is 0 Å². The van der Waals surface area contributed by atoms with Crippen LogP contribution in [0, 0.1) is 5.41 Å². The van der Waals surface area contributed by atoms with Gasteiger partial charge in [0.25, 0.3) is 0 Å². The van der Waals surface area contributed by atoms with E-state index < -0.39 is 9.84 Å². The van der Waals surface area contributed by atoms with E-state index in [1.807, 2.05) is 0 Å². The van der Waals surface area contributed by atoms with E-state index in [1.54, 1.807) is 4.90 Å². The third-order valence-electron chi connectivity index (χ3n) is 4.41. The first kappa shape index (κ1) is 15.7. The minimum atomic E-state index is -2.96. The molecule has 116 valence electrons. The van der Waals surface area contributed by atoms with Gasteiger partial charge in [0, 0.05) is 32.4 Å². The van der Waals surface area contributed by atoms with E-state index in [9.17, 15) is 13.2 Å². The van der Waals surface area contributed by atoms with E-state index in [4.69, 9.17) is 5.11 Å². The Hall–Kier alpha value is -0.660. The van der Waals surface area contributed by atoms with E-state index in [0.29, 0.717) is 19.6 Å². The van der Waals surface area contributed by atoms with Gasteiger partial charge in [0.1, 0.15) is 9.84 Å². The molecule has 0 aromatic rings. The van der Waals surface area contributed by atoms with Gasteiger partial charge in [-0.05, 0) is 25.8 Å². The molecule has 0 aliphatic carbocycles. The van der Waals surface area contributed by atoms with Gasteiger partial charge in [0.05, 0.1) is 17.8 Å². The summed E-state index contributed by atoms with van der Waals surface area (Å²) in [5.41, 5.74) is -0.342. The minimum Gasteiger partial charge on any atom is -0.395 e. The van der Waals surface area contributed by atoms with Gasteiger partial charge in [-0.3, -0.25) is 4.79 Å². The maximum absolute atomic E-state index is 12.6. The molecule has 2 rings (SSSR count). The molecular formula is C13H24N2O4S. The predicted octanol–water partition coefficient (Wildman–Crippen LogP) is -0.662. The number of aliphatic hydroxyl groups excluding tert-OH is 1. The number of carbonyl (C=O) groups is 1. The average Bonchev–Trinajstić information content (AvgIpc) is 2.77. The van der Waals surface area contributed by atoms with Crippen LogP contribution in [0.1, 0.15) is 19.3 Å². The Morgan fingerprint density at radius 2 is 2.00 bits per heavy atom. The molecule has 0 unspecified atom stereocenters. The summed E-state index contributed by atoms with van der Waals surface area (Å²) in [5.74, 6) is 0.289. The lowest BCUT2D eigenvalue weighted by Crippen LogP contribution is -2.51. The third kappa shape index (κ3) is 3.51. The Bertz CT molecular complexity index is 463. The molecule has 2 aliphatic rings. The van der Waals surface area contributed by atoms with Crippen molar-refractivity contribution in [3.8, 4) is 0 Å². The van der Waals surface area contributed by atoms with Crippen LogP contribution in [-0.2, 0) is 14.6 Å². The molecule has 0 bridgehead atoms. The van der Waals surface area contributed by atoms with Crippen molar-refractivity contribution in [2.75, 3.05) is 51.3 Å². The van der Waals surface area contributed by atoms with Crippen LogP contribution in [0.3, 0.4) is 0 Å². The number of hydrogen-bond donors (Lipinski definition) is 1. The second kappa shape index (κ2) is 5.99. The first-order valence-corrected chi connectivity index (χ1v) is 9.23. The second-order valence-electron chi connectivity index (χ2n) is 6.06. The fraction of sp³-hybridized carbons (Fsp3) is 0.923. The van der Waals surface area contributed by atoms with Gasteiger partial charge in [-0.25, -0.2) is 8.42 Å². The van der Waals surface area contributed by atoms with E-state index in [0.717, 1.165) is 32.4 Å². The lowest BCUT2D eigenvalue weighted by molar-refractivity contribution is -0.146. The van der Waals surface area contributed by atoms with E-state index in [-0.39, 0.29) is 23.7 Å².